The Hall–Kier alpha value is -1.65. The largest absolute Gasteiger partial charge is 0.385 e. The zero-order valence-electron chi connectivity index (χ0n) is 16.3. The number of amides is 2. The van der Waals surface area contributed by atoms with Crippen LogP contribution in [0.1, 0.15) is 52.4 Å². The van der Waals surface area contributed by atoms with Crippen molar-refractivity contribution >= 4 is 11.8 Å². The van der Waals surface area contributed by atoms with Gasteiger partial charge in [0.05, 0.1) is 6.07 Å². The predicted molar refractivity (Wildman–Crippen MR) is 99.8 cm³/mol. The molecule has 0 atom stereocenters. The van der Waals surface area contributed by atoms with E-state index >= 15 is 0 Å². The fourth-order valence-corrected chi connectivity index (χ4v) is 3.30. The second-order valence-corrected chi connectivity index (χ2v) is 7.92. The molecular weight excluding hydrogens is 332 g/mol. The van der Waals surface area contributed by atoms with Crippen molar-refractivity contribution in [1.82, 2.24) is 10.2 Å². The van der Waals surface area contributed by atoms with Gasteiger partial charge in [-0.25, -0.2) is 0 Å². The third kappa shape index (κ3) is 8.15. The fraction of sp³-hybridized carbons (Fsp3) is 0.789. The van der Waals surface area contributed by atoms with Crippen molar-refractivity contribution < 1.29 is 14.3 Å². The third-order valence-corrected chi connectivity index (χ3v) is 4.91. The first-order chi connectivity index (χ1) is 12.2. The highest BCUT2D eigenvalue weighted by molar-refractivity contribution is 5.85. The first-order valence-electron chi connectivity index (χ1n) is 9.28. The molecule has 7 nitrogen and oxygen atoms in total. The van der Waals surface area contributed by atoms with Crippen LogP contribution in [0.15, 0.2) is 0 Å². The highest BCUT2D eigenvalue weighted by Crippen LogP contribution is 2.27. The lowest BCUT2D eigenvalue weighted by molar-refractivity contribution is -0.120. The van der Waals surface area contributed by atoms with E-state index in [2.05, 4.69) is 16.3 Å². The van der Waals surface area contributed by atoms with Crippen LogP contribution < -0.4 is 11.1 Å². The van der Waals surface area contributed by atoms with E-state index in [9.17, 15) is 14.9 Å². The molecule has 26 heavy (non-hydrogen) atoms. The Morgan fingerprint density at radius 1 is 1.38 bits per heavy atom. The average molecular weight is 365 g/mol. The third-order valence-electron chi connectivity index (χ3n) is 4.91. The number of nitriles is 1. The smallest absolute Gasteiger partial charge is 0.225 e. The molecule has 2 amide bonds. The van der Waals surface area contributed by atoms with Crippen molar-refractivity contribution in [2.75, 3.05) is 33.4 Å². The molecule has 0 unspecified atom stereocenters. The number of nitrogens with two attached hydrogens (primary N) is 1. The van der Waals surface area contributed by atoms with Gasteiger partial charge in [0.1, 0.15) is 5.54 Å². The van der Waals surface area contributed by atoms with E-state index in [0.717, 1.165) is 32.7 Å². The van der Waals surface area contributed by atoms with Crippen LogP contribution in [0, 0.1) is 23.2 Å². The number of rotatable bonds is 11. The highest BCUT2D eigenvalue weighted by Gasteiger charge is 2.36. The molecule has 1 saturated heterocycles. The van der Waals surface area contributed by atoms with E-state index in [4.69, 9.17) is 10.5 Å². The molecule has 1 radical (unpaired) electrons. The normalized spacial score (nSPS) is 17.5. The van der Waals surface area contributed by atoms with Gasteiger partial charge in [0.15, 0.2) is 0 Å². The minimum absolute atomic E-state index is 0.214. The summed E-state index contributed by atoms with van der Waals surface area (Å²) in [4.78, 5) is 25.6. The van der Waals surface area contributed by atoms with E-state index in [1.807, 2.05) is 13.8 Å². The average Bonchev–Trinajstić information content (AvgIpc) is 2.55. The van der Waals surface area contributed by atoms with Gasteiger partial charge in [0.25, 0.3) is 0 Å². The number of piperidine rings is 1. The van der Waals surface area contributed by atoms with Crippen LogP contribution in [0.3, 0.4) is 0 Å². The van der Waals surface area contributed by atoms with Crippen LogP contribution in [0.4, 0.5) is 0 Å². The highest BCUT2D eigenvalue weighted by atomic mass is 16.5. The number of nitrogens with zero attached hydrogens (tertiary/aromatic N) is 2. The summed E-state index contributed by atoms with van der Waals surface area (Å²) in [6.07, 6.45) is 5.34. The van der Waals surface area contributed by atoms with Crippen molar-refractivity contribution in [3.8, 4) is 6.07 Å². The van der Waals surface area contributed by atoms with Crippen molar-refractivity contribution in [2.24, 2.45) is 11.1 Å². The molecule has 147 valence electrons. The Morgan fingerprint density at radius 3 is 2.58 bits per heavy atom. The lowest BCUT2D eigenvalue weighted by atomic mass is 9.83. The second-order valence-electron chi connectivity index (χ2n) is 7.92. The number of hydrogen-bond acceptors (Lipinski definition) is 5. The van der Waals surface area contributed by atoms with Crippen molar-refractivity contribution in [1.29, 1.82) is 5.26 Å². The summed E-state index contributed by atoms with van der Waals surface area (Å²) in [5.41, 5.74) is 4.23. The topological polar surface area (TPSA) is 108 Å². The van der Waals surface area contributed by atoms with Gasteiger partial charge in [0.2, 0.25) is 11.8 Å². The summed E-state index contributed by atoms with van der Waals surface area (Å²) in [5.74, 6) is -0.547. The standard InChI is InChI=1S/C19H33N4O3/c1-18(2,14-16(21)24)7-4-6-17(25)22-19(15-20)8-11-23(12-9-19)10-5-13-26-3/h6H,4-5,7-14H2,1-3H3,(H2,21,24)(H,22,25). The van der Waals surface area contributed by atoms with Crippen LogP contribution in [0.25, 0.3) is 0 Å². The maximum Gasteiger partial charge on any atom is 0.225 e. The summed E-state index contributed by atoms with van der Waals surface area (Å²) in [5, 5.41) is 12.5. The Morgan fingerprint density at radius 2 is 2.04 bits per heavy atom. The first kappa shape index (κ1) is 22.4. The summed E-state index contributed by atoms with van der Waals surface area (Å²) in [6.45, 7) is 7.19. The SMILES string of the molecule is COCCCN1CCC(C#N)(NC(=O)[CH]CCC(C)(C)CC(N)=O)CC1. The molecule has 3 N–H and O–H groups in total. The van der Waals surface area contributed by atoms with E-state index < -0.39 is 5.54 Å². The number of carbonyl (C=O) groups excluding carboxylic acids is 2. The number of ether oxygens (including phenoxy) is 1. The van der Waals surface area contributed by atoms with Crippen molar-refractivity contribution in [2.45, 2.75) is 57.9 Å². The van der Waals surface area contributed by atoms with Crippen molar-refractivity contribution in [3.63, 3.8) is 0 Å². The van der Waals surface area contributed by atoms with Gasteiger partial charge in [-0.1, -0.05) is 13.8 Å². The monoisotopic (exact) mass is 365 g/mol. The van der Waals surface area contributed by atoms with E-state index in [-0.39, 0.29) is 17.2 Å². The van der Waals surface area contributed by atoms with Gasteiger partial charge in [-0.3, -0.25) is 9.59 Å². The van der Waals surface area contributed by atoms with Gasteiger partial charge < -0.3 is 20.7 Å². The Labute approximate surface area is 157 Å². The van der Waals surface area contributed by atoms with Crippen molar-refractivity contribution in [3.05, 3.63) is 6.42 Å². The van der Waals surface area contributed by atoms with E-state index in [0.29, 0.717) is 32.1 Å². The zero-order chi connectivity index (χ0) is 19.6. The van der Waals surface area contributed by atoms with Crippen LogP contribution in [-0.4, -0.2) is 55.6 Å². The molecule has 1 aliphatic heterocycles. The summed E-state index contributed by atoms with van der Waals surface area (Å²) < 4.78 is 5.06. The molecule has 7 heteroatoms. The molecular formula is C19H33N4O3. The Bertz CT molecular complexity index is 505. The molecule has 0 aromatic rings. The fourth-order valence-electron chi connectivity index (χ4n) is 3.30. The predicted octanol–water partition coefficient (Wildman–Crippen LogP) is 1.38. The number of nitrogens with one attached hydrogen (secondary N) is 1. The van der Waals surface area contributed by atoms with Gasteiger partial charge in [-0.15, -0.1) is 0 Å². The molecule has 1 aliphatic rings. The van der Waals surface area contributed by atoms with Crippen LogP contribution >= 0.6 is 0 Å². The van der Waals surface area contributed by atoms with Crippen LogP contribution in [0.2, 0.25) is 0 Å². The molecule has 0 spiro atoms. The van der Waals surface area contributed by atoms with Gasteiger partial charge in [0, 0.05) is 46.2 Å². The number of methoxy groups -OCH3 is 1. The maximum absolute atomic E-state index is 12.2. The van der Waals surface area contributed by atoms with Gasteiger partial charge in [-0.05, 0) is 37.5 Å². The first-order valence-corrected chi connectivity index (χ1v) is 9.28. The summed E-state index contributed by atoms with van der Waals surface area (Å²) in [7, 11) is 1.69. The van der Waals surface area contributed by atoms with Gasteiger partial charge in [-0.2, -0.15) is 5.26 Å². The quantitative estimate of drug-likeness (QED) is 0.538. The number of hydrogen-bond donors (Lipinski definition) is 2. The minimum atomic E-state index is -0.784. The number of likely N-dealkylation sites (tertiary alicyclic amines) is 1. The second kappa shape index (κ2) is 10.5. The number of primary amides is 1. The summed E-state index contributed by atoms with van der Waals surface area (Å²) in [6, 6.07) is 2.30. The lowest BCUT2D eigenvalue weighted by Crippen LogP contribution is -2.54. The molecule has 0 aromatic heterocycles. The van der Waals surface area contributed by atoms with Crippen LogP contribution in [-0.2, 0) is 14.3 Å². The number of carbonyl (C=O) groups is 2. The molecule has 1 fully saturated rings. The van der Waals surface area contributed by atoms with Gasteiger partial charge >= 0.3 is 0 Å². The molecule has 0 aromatic carbocycles. The maximum atomic E-state index is 12.2. The Kier molecular flexibility index (Phi) is 9.03. The zero-order valence-corrected chi connectivity index (χ0v) is 16.3. The molecule has 0 aliphatic carbocycles. The van der Waals surface area contributed by atoms with Crippen LogP contribution in [0.5, 0.6) is 0 Å². The van der Waals surface area contributed by atoms with E-state index in [1.54, 1.807) is 13.5 Å². The molecule has 0 saturated carbocycles. The van der Waals surface area contributed by atoms with E-state index in [1.165, 1.54) is 0 Å². The lowest BCUT2D eigenvalue weighted by Gasteiger charge is -2.37. The molecule has 1 rings (SSSR count). The molecule has 1 heterocycles. The summed E-state index contributed by atoms with van der Waals surface area (Å²) >= 11 is 0. The minimum Gasteiger partial charge on any atom is -0.385 e. The Balaban J connectivity index is 2.38. The molecule has 0 bridgehead atoms.